The zero-order valence-corrected chi connectivity index (χ0v) is 13.2. The Balaban J connectivity index is 1.26. The number of nitrogens with zero attached hydrogens (tertiary/aromatic N) is 1. The fourth-order valence-electron chi connectivity index (χ4n) is 5.09. The number of nitrogens with one attached hydrogen (secondary N) is 2. The van der Waals surface area contributed by atoms with Gasteiger partial charge in [0.2, 0.25) is 0 Å². The molecule has 1 saturated carbocycles. The molecule has 5 atom stereocenters. The number of ether oxygens (including phenoxy) is 1. The van der Waals surface area contributed by atoms with Crippen LogP contribution < -0.4 is 10.6 Å². The Morgan fingerprint density at radius 2 is 2.10 bits per heavy atom. The van der Waals surface area contributed by atoms with Gasteiger partial charge in [0.25, 0.3) is 0 Å². The Morgan fingerprint density at radius 1 is 1.10 bits per heavy atom. The number of hydrogen-bond acceptors (Lipinski definition) is 4. The zero-order chi connectivity index (χ0) is 14.1. The SMILES string of the molecule is C1CNC(C2CCCC2NCC2CN3CCCC3CO2)C1. The van der Waals surface area contributed by atoms with Crippen LogP contribution in [0.4, 0.5) is 0 Å². The van der Waals surface area contributed by atoms with Crippen molar-refractivity contribution in [3.63, 3.8) is 0 Å². The van der Waals surface area contributed by atoms with Crippen molar-refractivity contribution in [2.45, 2.75) is 69.2 Å². The molecule has 0 spiro atoms. The van der Waals surface area contributed by atoms with Crippen molar-refractivity contribution in [3.05, 3.63) is 0 Å². The van der Waals surface area contributed by atoms with E-state index in [4.69, 9.17) is 4.74 Å². The standard InChI is InChI=1S/C17H31N3O/c1-5-15(16-7-2-8-18-16)17(6-1)19-10-14-11-20-9-3-4-13(20)12-21-14/h13-19H,1-12H2. The average Bonchev–Trinajstić information content (AvgIpc) is 3.24. The quantitative estimate of drug-likeness (QED) is 0.821. The number of morpholine rings is 1. The lowest BCUT2D eigenvalue weighted by Crippen LogP contribution is -2.51. The predicted molar refractivity (Wildman–Crippen MR) is 84.5 cm³/mol. The molecule has 1 aliphatic carbocycles. The summed E-state index contributed by atoms with van der Waals surface area (Å²) in [5, 5.41) is 7.58. The van der Waals surface area contributed by atoms with Gasteiger partial charge in [0.15, 0.2) is 0 Å². The number of rotatable bonds is 4. The monoisotopic (exact) mass is 293 g/mol. The van der Waals surface area contributed by atoms with Gasteiger partial charge in [0.05, 0.1) is 12.7 Å². The van der Waals surface area contributed by atoms with Crippen LogP contribution in [0, 0.1) is 5.92 Å². The van der Waals surface area contributed by atoms with Gasteiger partial charge in [-0.15, -0.1) is 0 Å². The molecular formula is C17H31N3O. The topological polar surface area (TPSA) is 36.5 Å². The van der Waals surface area contributed by atoms with Gasteiger partial charge in [-0.1, -0.05) is 6.42 Å². The lowest BCUT2D eigenvalue weighted by atomic mass is 9.93. The molecule has 120 valence electrons. The highest BCUT2D eigenvalue weighted by atomic mass is 16.5. The van der Waals surface area contributed by atoms with Crippen LogP contribution in [-0.4, -0.2) is 61.9 Å². The molecule has 0 aromatic heterocycles. The number of fused-ring (bicyclic) bond motifs is 1. The Hall–Kier alpha value is -0.160. The van der Waals surface area contributed by atoms with Gasteiger partial charge >= 0.3 is 0 Å². The third-order valence-corrected chi connectivity index (χ3v) is 6.25. The van der Waals surface area contributed by atoms with E-state index in [1.54, 1.807) is 0 Å². The minimum atomic E-state index is 0.414. The molecule has 4 heteroatoms. The molecule has 5 unspecified atom stereocenters. The van der Waals surface area contributed by atoms with E-state index in [9.17, 15) is 0 Å². The molecule has 3 aliphatic heterocycles. The molecule has 3 saturated heterocycles. The zero-order valence-electron chi connectivity index (χ0n) is 13.2. The van der Waals surface area contributed by atoms with E-state index in [2.05, 4.69) is 15.5 Å². The van der Waals surface area contributed by atoms with E-state index in [0.717, 1.165) is 43.7 Å². The molecule has 0 radical (unpaired) electrons. The van der Waals surface area contributed by atoms with Crippen LogP contribution in [0.2, 0.25) is 0 Å². The van der Waals surface area contributed by atoms with Crippen molar-refractivity contribution in [3.8, 4) is 0 Å². The van der Waals surface area contributed by atoms with Crippen LogP contribution in [0.5, 0.6) is 0 Å². The molecule has 21 heavy (non-hydrogen) atoms. The maximum Gasteiger partial charge on any atom is 0.0827 e. The normalized spacial score (nSPS) is 44.3. The van der Waals surface area contributed by atoms with Crippen LogP contribution in [-0.2, 0) is 4.74 Å². The number of hydrogen-bond donors (Lipinski definition) is 2. The Bertz CT molecular complexity index is 345. The summed E-state index contributed by atoms with van der Waals surface area (Å²) < 4.78 is 6.09. The largest absolute Gasteiger partial charge is 0.374 e. The van der Waals surface area contributed by atoms with Gasteiger partial charge in [-0.05, 0) is 57.5 Å². The summed E-state index contributed by atoms with van der Waals surface area (Å²) in [7, 11) is 0. The lowest BCUT2D eigenvalue weighted by molar-refractivity contribution is -0.0483. The first-order valence-electron chi connectivity index (χ1n) is 9.22. The highest BCUT2D eigenvalue weighted by Crippen LogP contribution is 2.32. The van der Waals surface area contributed by atoms with Crippen LogP contribution in [0.25, 0.3) is 0 Å². The van der Waals surface area contributed by atoms with Gasteiger partial charge in [-0.2, -0.15) is 0 Å². The molecule has 0 amide bonds. The first-order chi connectivity index (χ1) is 10.4. The van der Waals surface area contributed by atoms with Gasteiger partial charge in [-0.25, -0.2) is 0 Å². The highest BCUT2D eigenvalue weighted by Gasteiger charge is 2.36. The summed E-state index contributed by atoms with van der Waals surface area (Å²) in [4.78, 5) is 2.65. The van der Waals surface area contributed by atoms with Crippen molar-refractivity contribution in [1.29, 1.82) is 0 Å². The Labute approximate surface area is 129 Å². The smallest absolute Gasteiger partial charge is 0.0827 e. The molecule has 4 aliphatic rings. The van der Waals surface area contributed by atoms with E-state index >= 15 is 0 Å². The lowest BCUT2D eigenvalue weighted by Gasteiger charge is -2.36. The minimum absolute atomic E-state index is 0.414. The second kappa shape index (κ2) is 6.53. The van der Waals surface area contributed by atoms with E-state index in [1.807, 2.05) is 0 Å². The van der Waals surface area contributed by atoms with Gasteiger partial charge in [0, 0.05) is 31.2 Å². The molecule has 4 fully saturated rings. The summed E-state index contributed by atoms with van der Waals surface area (Å²) in [6.07, 6.45) is 10.1. The van der Waals surface area contributed by atoms with Crippen molar-refractivity contribution in [1.82, 2.24) is 15.5 Å². The molecule has 0 aromatic rings. The van der Waals surface area contributed by atoms with Crippen LogP contribution in [0.3, 0.4) is 0 Å². The van der Waals surface area contributed by atoms with Crippen LogP contribution >= 0.6 is 0 Å². The summed E-state index contributed by atoms with van der Waals surface area (Å²) in [5.74, 6) is 0.857. The average molecular weight is 293 g/mol. The van der Waals surface area contributed by atoms with E-state index in [-0.39, 0.29) is 0 Å². The molecule has 4 rings (SSSR count). The van der Waals surface area contributed by atoms with Gasteiger partial charge in [-0.3, -0.25) is 4.90 Å². The first kappa shape index (κ1) is 14.4. The van der Waals surface area contributed by atoms with Crippen LogP contribution in [0.1, 0.15) is 44.9 Å². The highest BCUT2D eigenvalue weighted by molar-refractivity contribution is 4.94. The van der Waals surface area contributed by atoms with Gasteiger partial charge in [0.1, 0.15) is 0 Å². The second-order valence-corrected chi connectivity index (χ2v) is 7.56. The van der Waals surface area contributed by atoms with Crippen molar-refractivity contribution in [2.24, 2.45) is 5.92 Å². The summed E-state index contributed by atoms with van der Waals surface area (Å²) in [6, 6.07) is 2.23. The first-order valence-corrected chi connectivity index (χ1v) is 9.22. The third-order valence-electron chi connectivity index (χ3n) is 6.25. The predicted octanol–water partition coefficient (Wildman–Crippen LogP) is 1.36. The van der Waals surface area contributed by atoms with Crippen molar-refractivity contribution >= 4 is 0 Å². The minimum Gasteiger partial charge on any atom is -0.374 e. The molecule has 2 N–H and O–H groups in total. The fraction of sp³-hybridized carbons (Fsp3) is 1.00. The maximum atomic E-state index is 6.09. The van der Waals surface area contributed by atoms with E-state index in [1.165, 1.54) is 58.0 Å². The molecule has 3 heterocycles. The maximum absolute atomic E-state index is 6.09. The molecule has 0 aromatic carbocycles. The molecular weight excluding hydrogens is 262 g/mol. The molecule has 0 bridgehead atoms. The second-order valence-electron chi connectivity index (χ2n) is 7.56. The van der Waals surface area contributed by atoms with E-state index < -0.39 is 0 Å². The Kier molecular flexibility index (Phi) is 4.49. The Morgan fingerprint density at radius 3 is 3.00 bits per heavy atom. The van der Waals surface area contributed by atoms with Crippen molar-refractivity contribution < 1.29 is 4.74 Å². The summed E-state index contributed by atoms with van der Waals surface area (Å²) in [6.45, 7) is 5.69. The molecule has 4 nitrogen and oxygen atoms in total. The summed E-state index contributed by atoms with van der Waals surface area (Å²) >= 11 is 0. The van der Waals surface area contributed by atoms with Gasteiger partial charge < -0.3 is 15.4 Å². The van der Waals surface area contributed by atoms with Crippen LogP contribution in [0.15, 0.2) is 0 Å². The van der Waals surface area contributed by atoms with Crippen molar-refractivity contribution in [2.75, 3.05) is 32.8 Å². The van der Waals surface area contributed by atoms with E-state index in [0.29, 0.717) is 6.10 Å². The third kappa shape index (κ3) is 3.14. The summed E-state index contributed by atoms with van der Waals surface area (Å²) in [5.41, 5.74) is 0. The fourth-order valence-corrected chi connectivity index (χ4v) is 5.09.